The minimum atomic E-state index is -0.158. The average molecular weight is 330 g/mol. The molecular weight excluding hydrogens is 304 g/mol. The highest BCUT2D eigenvalue weighted by Crippen LogP contribution is 2.19. The summed E-state index contributed by atoms with van der Waals surface area (Å²) in [5, 5.41) is 6.27. The minimum absolute atomic E-state index is 0.158. The largest absolute Gasteiger partial charge is 0.362 e. The van der Waals surface area contributed by atoms with Gasteiger partial charge in [-0.05, 0) is 67.9 Å². The van der Waals surface area contributed by atoms with Gasteiger partial charge in [0.1, 0.15) is 0 Å². The standard InChI is InChI=1S/C19H26N2OS/c1-14(2)16-8-10-17(11-9-16)18(22)21-19(23)20-13-12-15-6-4-3-5-7-15/h6,8-11,14H,3-5,7,12-13H2,1-2H3,(H2,20,21,22,23). The van der Waals surface area contributed by atoms with E-state index in [0.29, 0.717) is 16.6 Å². The first-order valence-electron chi connectivity index (χ1n) is 8.43. The van der Waals surface area contributed by atoms with Crippen molar-refractivity contribution in [2.75, 3.05) is 6.54 Å². The number of amides is 1. The smallest absolute Gasteiger partial charge is 0.257 e. The van der Waals surface area contributed by atoms with E-state index in [1.54, 1.807) is 0 Å². The van der Waals surface area contributed by atoms with Gasteiger partial charge in [-0.15, -0.1) is 0 Å². The number of nitrogens with one attached hydrogen (secondary N) is 2. The molecule has 2 rings (SSSR count). The molecule has 1 aromatic rings. The average Bonchev–Trinajstić information content (AvgIpc) is 2.56. The molecule has 0 fully saturated rings. The van der Waals surface area contributed by atoms with Crippen molar-refractivity contribution in [2.24, 2.45) is 0 Å². The summed E-state index contributed by atoms with van der Waals surface area (Å²) in [6, 6.07) is 7.68. The number of benzene rings is 1. The lowest BCUT2D eigenvalue weighted by molar-refractivity contribution is 0.0976. The van der Waals surface area contributed by atoms with Crippen LogP contribution in [-0.4, -0.2) is 17.6 Å². The Labute approximate surface area is 144 Å². The van der Waals surface area contributed by atoms with E-state index < -0.39 is 0 Å². The highest BCUT2D eigenvalue weighted by atomic mass is 32.1. The molecule has 23 heavy (non-hydrogen) atoms. The van der Waals surface area contributed by atoms with Crippen molar-refractivity contribution >= 4 is 23.2 Å². The second-order valence-corrected chi connectivity index (χ2v) is 6.75. The van der Waals surface area contributed by atoms with Crippen molar-refractivity contribution < 1.29 is 4.79 Å². The van der Waals surface area contributed by atoms with E-state index in [4.69, 9.17) is 12.2 Å². The molecule has 2 N–H and O–H groups in total. The molecule has 0 aromatic heterocycles. The van der Waals surface area contributed by atoms with Crippen molar-refractivity contribution in [3.8, 4) is 0 Å². The molecule has 0 saturated carbocycles. The van der Waals surface area contributed by atoms with E-state index in [-0.39, 0.29) is 5.91 Å². The van der Waals surface area contributed by atoms with Gasteiger partial charge in [0.2, 0.25) is 0 Å². The van der Waals surface area contributed by atoms with Gasteiger partial charge in [-0.2, -0.15) is 0 Å². The van der Waals surface area contributed by atoms with E-state index >= 15 is 0 Å². The number of thiocarbonyl (C=S) groups is 1. The predicted molar refractivity (Wildman–Crippen MR) is 99.8 cm³/mol. The van der Waals surface area contributed by atoms with Crippen LogP contribution in [0.5, 0.6) is 0 Å². The Hall–Kier alpha value is -1.68. The third kappa shape index (κ3) is 5.79. The topological polar surface area (TPSA) is 41.1 Å². The molecule has 0 unspecified atom stereocenters. The first-order valence-corrected chi connectivity index (χ1v) is 8.84. The number of carbonyl (C=O) groups is 1. The maximum atomic E-state index is 12.2. The highest BCUT2D eigenvalue weighted by molar-refractivity contribution is 7.80. The first kappa shape index (κ1) is 17.7. The molecule has 0 aliphatic heterocycles. The third-order valence-corrected chi connectivity index (χ3v) is 4.43. The van der Waals surface area contributed by atoms with E-state index in [0.717, 1.165) is 13.0 Å². The molecule has 1 amide bonds. The Morgan fingerprint density at radius 3 is 2.57 bits per heavy atom. The van der Waals surface area contributed by atoms with Crippen LogP contribution in [0.1, 0.15) is 67.8 Å². The molecule has 124 valence electrons. The summed E-state index contributed by atoms with van der Waals surface area (Å²) in [5.74, 6) is 0.304. The van der Waals surface area contributed by atoms with Crippen LogP contribution in [0.2, 0.25) is 0 Å². The van der Waals surface area contributed by atoms with Crippen molar-refractivity contribution in [3.63, 3.8) is 0 Å². The fourth-order valence-corrected chi connectivity index (χ4v) is 2.90. The van der Waals surface area contributed by atoms with Gasteiger partial charge in [-0.1, -0.05) is 37.6 Å². The van der Waals surface area contributed by atoms with Crippen LogP contribution >= 0.6 is 12.2 Å². The van der Waals surface area contributed by atoms with Crippen LogP contribution in [0, 0.1) is 0 Å². The molecule has 1 aliphatic rings. The Kier molecular flexibility index (Phi) is 6.78. The van der Waals surface area contributed by atoms with Gasteiger partial charge < -0.3 is 5.32 Å². The molecule has 0 radical (unpaired) electrons. The summed E-state index contributed by atoms with van der Waals surface area (Å²) in [6.07, 6.45) is 8.33. The van der Waals surface area contributed by atoms with Crippen molar-refractivity contribution in [3.05, 3.63) is 47.0 Å². The number of hydrogen-bond acceptors (Lipinski definition) is 2. The summed E-state index contributed by atoms with van der Waals surface area (Å²) in [7, 11) is 0. The molecule has 4 heteroatoms. The normalized spacial score (nSPS) is 14.3. The molecule has 0 heterocycles. The zero-order valence-corrected chi connectivity index (χ0v) is 14.8. The van der Waals surface area contributed by atoms with E-state index in [9.17, 15) is 4.79 Å². The van der Waals surface area contributed by atoms with Gasteiger partial charge >= 0.3 is 0 Å². The Morgan fingerprint density at radius 2 is 1.96 bits per heavy atom. The molecule has 0 saturated heterocycles. The minimum Gasteiger partial charge on any atom is -0.362 e. The summed E-state index contributed by atoms with van der Waals surface area (Å²) >= 11 is 5.20. The Bertz CT molecular complexity index is 576. The maximum Gasteiger partial charge on any atom is 0.257 e. The monoisotopic (exact) mass is 330 g/mol. The summed E-state index contributed by atoms with van der Waals surface area (Å²) < 4.78 is 0. The Morgan fingerprint density at radius 1 is 1.22 bits per heavy atom. The van der Waals surface area contributed by atoms with E-state index in [2.05, 4.69) is 30.6 Å². The molecule has 3 nitrogen and oxygen atoms in total. The van der Waals surface area contributed by atoms with Crippen LogP contribution in [-0.2, 0) is 0 Å². The van der Waals surface area contributed by atoms with Crippen LogP contribution in [0.4, 0.5) is 0 Å². The molecule has 0 spiro atoms. The zero-order chi connectivity index (χ0) is 16.7. The van der Waals surface area contributed by atoms with Gasteiger partial charge in [0.05, 0.1) is 0 Å². The van der Waals surface area contributed by atoms with Crippen molar-refractivity contribution in [1.82, 2.24) is 10.6 Å². The van der Waals surface area contributed by atoms with Crippen LogP contribution < -0.4 is 10.6 Å². The fourth-order valence-electron chi connectivity index (χ4n) is 2.71. The van der Waals surface area contributed by atoms with Gasteiger partial charge in [0, 0.05) is 12.1 Å². The lowest BCUT2D eigenvalue weighted by atomic mass is 9.97. The van der Waals surface area contributed by atoms with E-state index in [1.807, 2.05) is 24.3 Å². The highest BCUT2D eigenvalue weighted by Gasteiger charge is 2.09. The van der Waals surface area contributed by atoms with Crippen molar-refractivity contribution in [1.29, 1.82) is 0 Å². The quantitative estimate of drug-likeness (QED) is 0.624. The van der Waals surface area contributed by atoms with Gasteiger partial charge in [0.15, 0.2) is 5.11 Å². The van der Waals surface area contributed by atoms with E-state index in [1.165, 1.54) is 36.8 Å². The summed E-state index contributed by atoms with van der Waals surface area (Å²) in [4.78, 5) is 12.2. The van der Waals surface area contributed by atoms with Crippen molar-refractivity contribution in [2.45, 2.75) is 51.9 Å². The fraction of sp³-hybridized carbons (Fsp3) is 0.474. The van der Waals surface area contributed by atoms with Crippen LogP contribution in [0.15, 0.2) is 35.9 Å². The molecule has 0 atom stereocenters. The van der Waals surface area contributed by atoms with Gasteiger partial charge in [-0.3, -0.25) is 10.1 Å². The summed E-state index contributed by atoms with van der Waals surface area (Å²) in [6.45, 7) is 5.04. The number of hydrogen-bond donors (Lipinski definition) is 2. The number of rotatable bonds is 5. The third-order valence-electron chi connectivity index (χ3n) is 4.18. The zero-order valence-electron chi connectivity index (χ0n) is 14.0. The molecular formula is C19H26N2OS. The van der Waals surface area contributed by atoms with Crippen LogP contribution in [0.25, 0.3) is 0 Å². The SMILES string of the molecule is CC(C)c1ccc(C(=O)NC(=S)NCCC2=CCCCC2)cc1. The first-order chi connectivity index (χ1) is 11.1. The van der Waals surface area contributed by atoms with Gasteiger partial charge in [-0.25, -0.2) is 0 Å². The Balaban J connectivity index is 1.75. The lowest BCUT2D eigenvalue weighted by Crippen LogP contribution is -2.39. The predicted octanol–water partition coefficient (Wildman–Crippen LogP) is 4.30. The number of carbonyl (C=O) groups excluding carboxylic acids is 1. The maximum absolute atomic E-state index is 12.2. The summed E-state index contributed by atoms with van der Waals surface area (Å²) in [5.41, 5.74) is 3.36. The molecule has 1 aliphatic carbocycles. The lowest BCUT2D eigenvalue weighted by Gasteiger charge is -2.14. The molecule has 0 bridgehead atoms. The number of allylic oxidation sites excluding steroid dienone is 1. The van der Waals surface area contributed by atoms with Crippen LogP contribution in [0.3, 0.4) is 0 Å². The second kappa shape index (κ2) is 8.82. The molecule has 1 aromatic carbocycles. The second-order valence-electron chi connectivity index (χ2n) is 6.34. The van der Waals surface area contributed by atoms with Gasteiger partial charge in [0.25, 0.3) is 5.91 Å².